The van der Waals surface area contributed by atoms with Crippen LogP contribution in [0.25, 0.3) is 12.2 Å². The van der Waals surface area contributed by atoms with E-state index in [1.54, 1.807) is 20.3 Å². The summed E-state index contributed by atoms with van der Waals surface area (Å²) >= 11 is 0. The summed E-state index contributed by atoms with van der Waals surface area (Å²) in [7, 11) is 3.26. The van der Waals surface area contributed by atoms with Gasteiger partial charge in [-0.1, -0.05) is 36.4 Å². The summed E-state index contributed by atoms with van der Waals surface area (Å²) in [5.74, 6) is 0. The minimum Gasteiger partial charge on any atom is -0.380 e. The summed E-state index contributed by atoms with van der Waals surface area (Å²) in [6.45, 7) is 0.974. The van der Waals surface area contributed by atoms with Crippen molar-refractivity contribution in [2.45, 2.75) is 19.4 Å². The number of rotatable bonds is 6. The zero-order chi connectivity index (χ0) is 17.6. The van der Waals surface area contributed by atoms with E-state index < -0.39 is 11.7 Å². The van der Waals surface area contributed by atoms with Crippen molar-refractivity contribution >= 4 is 12.2 Å². The Balaban J connectivity index is 2.17. The second-order valence-electron chi connectivity index (χ2n) is 5.35. The molecule has 0 spiro atoms. The Morgan fingerprint density at radius 2 is 1.33 bits per heavy atom. The van der Waals surface area contributed by atoms with Gasteiger partial charge >= 0.3 is 6.18 Å². The Labute approximate surface area is 139 Å². The van der Waals surface area contributed by atoms with Gasteiger partial charge in [0.1, 0.15) is 0 Å². The van der Waals surface area contributed by atoms with Crippen LogP contribution in [0, 0.1) is 0 Å². The van der Waals surface area contributed by atoms with Crippen LogP contribution >= 0.6 is 0 Å². The fourth-order valence-corrected chi connectivity index (χ4v) is 2.31. The van der Waals surface area contributed by atoms with E-state index in [0.717, 1.165) is 28.8 Å². The first-order valence-corrected chi connectivity index (χ1v) is 7.39. The molecule has 0 saturated heterocycles. The SMILES string of the molecule is COCc1ccc(/C=C/c2ccc(C(F)(F)F)cc2)cc1COC. The average molecular weight is 336 g/mol. The molecule has 0 aliphatic carbocycles. The van der Waals surface area contributed by atoms with E-state index in [9.17, 15) is 13.2 Å². The van der Waals surface area contributed by atoms with Crippen LogP contribution in [0.3, 0.4) is 0 Å². The van der Waals surface area contributed by atoms with Crippen LogP contribution in [-0.2, 0) is 28.9 Å². The minimum absolute atomic E-state index is 0.473. The van der Waals surface area contributed by atoms with Crippen molar-refractivity contribution in [2.24, 2.45) is 0 Å². The predicted molar refractivity (Wildman–Crippen MR) is 88.2 cm³/mol. The molecule has 128 valence electrons. The molecule has 2 aromatic rings. The highest BCUT2D eigenvalue weighted by atomic mass is 19.4. The van der Waals surface area contributed by atoms with Crippen LogP contribution in [-0.4, -0.2) is 14.2 Å². The third-order valence-electron chi connectivity index (χ3n) is 3.54. The molecule has 2 rings (SSSR count). The maximum Gasteiger partial charge on any atom is 0.416 e. The second kappa shape index (κ2) is 8.13. The average Bonchev–Trinajstić information content (AvgIpc) is 2.55. The molecular weight excluding hydrogens is 317 g/mol. The summed E-state index contributed by atoms with van der Waals surface area (Å²) in [6.07, 6.45) is -0.672. The highest BCUT2D eigenvalue weighted by Crippen LogP contribution is 2.29. The highest BCUT2D eigenvalue weighted by molar-refractivity contribution is 5.70. The molecule has 0 unspecified atom stereocenters. The van der Waals surface area contributed by atoms with Crippen molar-refractivity contribution in [3.8, 4) is 0 Å². The lowest BCUT2D eigenvalue weighted by Gasteiger charge is -2.09. The quantitative estimate of drug-likeness (QED) is 0.678. The monoisotopic (exact) mass is 336 g/mol. The molecule has 2 nitrogen and oxygen atoms in total. The molecule has 0 amide bonds. The van der Waals surface area contributed by atoms with Gasteiger partial charge in [-0.25, -0.2) is 0 Å². The first-order chi connectivity index (χ1) is 11.4. The van der Waals surface area contributed by atoms with Gasteiger partial charge in [0.25, 0.3) is 0 Å². The van der Waals surface area contributed by atoms with Gasteiger partial charge in [0.15, 0.2) is 0 Å². The van der Waals surface area contributed by atoms with Gasteiger partial charge in [-0.15, -0.1) is 0 Å². The zero-order valence-electron chi connectivity index (χ0n) is 13.6. The molecule has 2 aromatic carbocycles. The lowest BCUT2D eigenvalue weighted by molar-refractivity contribution is -0.137. The Morgan fingerprint density at radius 1 is 0.792 bits per heavy atom. The number of alkyl halides is 3. The van der Waals surface area contributed by atoms with E-state index in [-0.39, 0.29) is 0 Å². The normalized spacial score (nSPS) is 12.0. The standard InChI is InChI=1S/C19H19F3O2/c1-23-12-16-8-5-15(11-17(16)13-24-2)4-3-14-6-9-18(10-7-14)19(20,21)22/h3-11H,12-13H2,1-2H3/b4-3+. The van der Waals surface area contributed by atoms with Crippen LogP contribution < -0.4 is 0 Å². The Morgan fingerprint density at radius 3 is 1.92 bits per heavy atom. The summed E-state index contributed by atoms with van der Waals surface area (Å²) in [4.78, 5) is 0. The summed E-state index contributed by atoms with van der Waals surface area (Å²) in [5.41, 5.74) is 3.07. The van der Waals surface area contributed by atoms with Gasteiger partial charge in [0, 0.05) is 14.2 Å². The van der Waals surface area contributed by atoms with E-state index >= 15 is 0 Å². The number of hydrogen-bond donors (Lipinski definition) is 0. The van der Waals surface area contributed by atoms with E-state index in [1.165, 1.54) is 12.1 Å². The molecule has 0 aliphatic heterocycles. The molecule has 0 fully saturated rings. The molecule has 0 heterocycles. The smallest absolute Gasteiger partial charge is 0.380 e. The second-order valence-corrected chi connectivity index (χ2v) is 5.35. The number of benzene rings is 2. The van der Waals surface area contributed by atoms with Crippen LogP contribution in [0.2, 0.25) is 0 Å². The summed E-state index contributed by atoms with van der Waals surface area (Å²) in [5, 5.41) is 0. The van der Waals surface area contributed by atoms with Crippen LogP contribution in [0.4, 0.5) is 13.2 Å². The molecule has 24 heavy (non-hydrogen) atoms. The van der Waals surface area contributed by atoms with Crippen molar-refractivity contribution in [3.05, 3.63) is 70.3 Å². The van der Waals surface area contributed by atoms with E-state index in [2.05, 4.69) is 0 Å². The lowest BCUT2D eigenvalue weighted by atomic mass is 10.0. The predicted octanol–water partition coefficient (Wildman–Crippen LogP) is 5.17. The maximum atomic E-state index is 12.5. The molecule has 0 radical (unpaired) electrons. The zero-order valence-corrected chi connectivity index (χ0v) is 13.6. The molecule has 0 aliphatic rings. The largest absolute Gasteiger partial charge is 0.416 e. The molecule has 5 heteroatoms. The summed E-state index contributed by atoms with van der Waals surface area (Å²) in [6, 6.07) is 11.0. The van der Waals surface area contributed by atoms with Crippen molar-refractivity contribution in [3.63, 3.8) is 0 Å². The Bertz CT molecular complexity index is 689. The van der Waals surface area contributed by atoms with Gasteiger partial charge in [0.05, 0.1) is 18.8 Å². The molecule has 0 atom stereocenters. The maximum absolute atomic E-state index is 12.5. The van der Waals surface area contributed by atoms with Gasteiger partial charge < -0.3 is 9.47 Å². The van der Waals surface area contributed by atoms with Crippen LogP contribution in [0.1, 0.15) is 27.8 Å². The first-order valence-electron chi connectivity index (χ1n) is 7.39. The van der Waals surface area contributed by atoms with Crippen molar-refractivity contribution in [1.82, 2.24) is 0 Å². The number of methoxy groups -OCH3 is 2. The highest BCUT2D eigenvalue weighted by Gasteiger charge is 2.29. The van der Waals surface area contributed by atoms with Crippen LogP contribution in [0.5, 0.6) is 0 Å². The van der Waals surface area contributed by atoms with Crippen molar-refractivity contribution in [2.75, 3.05) is 14.2 Å². The topological polar surface area (TPSA) is 18.5 Å². The van der Waals surface area contributed by atoms with Crippen molar-refractivity contribution in [1.29, 1.82) is 0 Å². The molecule has 0 saturated carbocycles. The third-order valence-corrected chi connectivity index (χ3v) is 3.54. The Hall–Kier alpha value is -2.11. The van der Waals surface area contributed by atoms with Gasteiger partial charge in [0.2, 0.25) is 0 Å². The fraction of sp³-hybridized carbons (Fsp3) is 0.263. The van der Waals surface area contributed by atoms with E-state index in [1.807, 2.05) is 24.3 Å². The van der Waals surface area contributed by atoms with Crippen LogP contribution in [0.15, 0.2) is 42.5 Å². The number of halogens is 3. The first kappa shape index (κ1) is 18.2. The van der Waals surface area contributed by atoms with E-state index in [4.69, 9.17) is 9.47 Å². The number of ether oxygens (including phenoxy) is 2. The number of hydrogen-bond acceptors (Lipinski definition) is 2. The minimum atomic E-state index is -4.31. The fourth-order valence-electron chi connectivity index (χ4n) is 2.31. The third kappa shape index (κ3) is 4.94. The van der Waals surface area contributed by atoms with Gasteiger partial charge in [-0.2, -0.15) is 13.2 Å². The molecular formula is C19H19F3O2. The molecule has 0 N–H and O–H groups in total. The molecule has 0 bridgehead atoms. The Kier molecular flexibility index (Phi) is 6.17. The lowest BCUT2D eigenvalue weighted by Crippen LogP contribution is -2.03. The summed E-state index contributed by atoms with van der Waals surface area (Å²) < 4.78 is 48.0. The van der Waals surface area contributed by atoms with Gasteiger partial charge in [-0.05, 0) is 40.5 Å². The van der Waals surface area contributed by atoms with Crippen molar-refractivity contribution < 1.29 is 22.6 Å². The van der Waals surface area contributed by atoms with E-state index in [0.29, 0.717) is 18.8 Å². The van der Waals surface area contributed by atoms with Gasteiger partial charge in [-0.3, -0.25) is 0 Å². The molecule has 0 aromatic heterocycles.